The van der Waals surface area contributed by atoms with E-state index >= 15 is 0 Å². The molecule has 0 saturated heterocycles. The van der Waals surface area contributed by atoms with E-state index in [1.807, 2.05) is 0 Å². The number of aliphatic hydroxyl groups is 1. The second-order valence-electron chi connectivity index (χ2n) is 3.48. The zero-order valence-electron chi connectivity index (χ0n) is 8.54. The lowest BCUT2D eigenvalue weighted by molar-refractivity contribution is -0.145. The molecule has 1 aliphatic rings. The molecule has 0 radical (unpaired) electrons. The van der Waals surface area contributed by atoms with Crippen molar-refractivity contribution < 1.29 is 15.0 Å². The molecule has 1 rings (SSSR count). The topological polar surface area (TPSA) is 73.1 Å². The van der Waals surface area contributed by atoms with Crippen LogP contribution in [0.2, 0.25) is 0 Å². The molecule has 5 nitrogen and oxygen atoms in total. The van der Waals surface area contributed by atoms with Crippen LogP contribution in [-0.2, 0) is 4.79 Å². The second kappa shape index (κ2) is 5.50. The minimum Gasteiger partial charge on any atom is -0.480 e. The molecule has 15 heavy (non-hydrogen) atoms. The normalized spacial score (nSPS) is 18.9. The number of nitrogens with zero attached hydrogens (tertiary/aromatic N) is 2. The maximum Gasteiger partial charge on any atom is 0.329 e. The van der Waals surface area contributed by atoms with Gasteiger partial charge in [-0.15, -0.1) is 6.58 Å². The SMILES string of the molecule is C=CCCC(O)C(C(=O)O)N1C=NCC1. The van der Waals surface area contributed by atoms with Gasteiger partial charge in [-0.25, -0.2) is 4.79 Å². The summed E-state index contributed by atoms with van der Waals surface area (Å²) in [6.07, 6.45) is 3.29. The molecule has 0 spiro atoms. The van der Waals surface area contributed by atoms with Crippen LogP contribution in [0.3, 0.4) is 0 Å². The molecule has 0 aromatic heterocycles. The molecule has 0 aromatic carbocycles. The van der Waals surface area contributed by atoms with Crippen LogP contribution in [0.15, 0.2) is 17.6 Å². The van der Waals surface area contributed by atoms with Crippen LogP contribution in [0.25, 0.3) is 0 Å². The summed E-state index contributed by atoms with van der Waals surface area (Å²) in [6, 6.07) is -0.892. The summed E-state index contributed by atoms with van der Waals surface area (Å²) in [6.45, 7) is 4.69. The highest BCUT2D eigenvalue weighted by Crippen LogP contribution is 2.11. The van der Waals surface area contributed by atoms with Gasteiger partial charge in [0.2, 0.25) is 0 Å². The number of hydrogen-bond donors (Lipinski definition) is 2. The standard InChI is InChI=1S/C10H16N2O3/c1-2-3-4-8(13)9(10(14)15)12-6-5-11-7-12/h2,7-9,13H,1,3-6H2,(H,14,15). The van der Waals surface area contributed by atoms with Gasteiger partial charge in [0.25, 0.3) is 0 Å². The van der Waals surface area contributed by atoms with Gasteiger partial charge in [0, 0.05) is 6.54 Å². The van der Waals surface area contributed by atoms with E-state index in [4.69, 9.17) is 5.11 Å². The van der Waals surface area contributed by atoms with Crippen molar-refractivity contribution in [2.75, 3.05) is 13.1 Å². The molecular weight excluding hydrogens is 196 g/mol. The first-order valence-corrected chi connectivity index (χ1v) is 4.94. The van der Waals surface area contributed by atoms with Gasteiger partial charge in [-0.3, -0.25) is 4.99 Å². The van der Waals surface area contributed by atoms with E-state index in [2.05, 4.69) is 11.6 Å². The monoisotopic (exact) mass is 212 g/mol. The number of carboxylic acid groups (broad SMARTS) is 1. The minimum absolute atomic E-state index is 0.408. The Bertz CT molecular complexity index is 265. The van der Waals surface area contributed by atoms with Crippen molar-refractivity contribution in [2.24, 2.45) is 4.99 Å². The smallest absolute Gasteiger partial charge is 0.329 e. The lowest BCUT2D eigenvalue weighted by atomic mass is 10.0. The number of carbonyl (C=O) groups is 1. The van der Waals surface area contributed by atoms with Crippen molar-refractivity contribution in [3.8, 4) is 0 Å². The summed E-state index contributed by atoms with van der Waals surface area (Å²) in [5.74, 6) is -1.01. The van der Waals surface area contributed by atoms with E-state index in [9.17, 15) is 9.90 Å². The van der Waals surface area contributed by atoms with Gasteiger partial charge < -0.3 is 15.1 Å². The highest BCUT2D eigenvalue weighted by Gasteiger charge is 2.31. The molecule has 1 aliphatic heterocycles. The molecule has 0 amide bonds. The van der Waals surface area contributed by atoms with E-state index in [0.29, 0.717) is 25.9 Å². The van der Waals surface area contributed by atoms with Crippen LogP contribution in [0, 0.1) is 0 Å². The molecule has 0 bridgehead atoms. The maximum absolute atomic E-state index is 11.0. The van der Waals surface area contributed by atoms with E-state index < -0.39 is 18.1 Å². The van der Waals surface area contributed by atoms with E-state index in [0.717, 1.165) is 0 Å². The molecule has 2 N–H and O–H groups in total. The lowest BCUT2D eigenvalue weighted by Crippen LogP contribution is -2.47. The Balaban J connectivity index is 2.59. The first-order valence-electron chi connectivity index (χ1n) is 4.94. The van der Waals surface area contributed by atoms with Gasteiger partial charge in [-0.05, 0) is 12.8 Å². The van der Waals surface area contributed by atoms with Crippen molar-refractivity contribution in [2.45, 2.75) is 25.0 Å². The Hall–Kier alpha value is -1.36. The summed E-state index contributed by atoms with van der Waals surface area (Å²) in [5.41, 5.74) is 0. The van der Waals surface area contributed by atoms with E-state index in [1.54, 1.807) is 11.0 Å². The molecule has 0 aromatic rings. The molecule has 84 valence electrons. The highest BCUT2D eigenvalue weighted by molar-refractivity contribution is 5.78. The third kappa shape index (κ3) is 3.06. The zero-order valence-corrected chi connectivity index (χ0v) is 8.54. The van der Waals surface area contributed by atoms with Crippen molar-refractivity contribution in [1.29, 1.82) is 0 Å². The predicted molar refractivity (Wildman–Crippen MR) is 56.9 cm³/mol. The van der Waals surface area contributed by atoms with Crippen LogP contribution in [-0.4, -0.2) is 52.7 Å². The number of aliphatic hydroxyl groups excluding tert-OH is 1. The molecule has 0 aliphatic carbocycles. The number of carboxylic acids is 1. The van der Waals surface area contributed by atoms with Gasteiger partial charge in [0.1, 0.15) is 0 Å². The summed E-state index contributed by atoms with van der Waals surface area (Å²) in [5, 5.41) is 18.8. The van der Waals surface area contributed by atoms with Gasteiger partial charge in [0.15, 0.2) is 6.04 Å². The molecule has 2 unspecified atom stereocenters. The summed E-state index contributed by atoms with van der Waals surface area (Å²) in [4.78, 5) is 16.5. The van der Waals surface area contributed by atoms with Crippen LogP contribution in [0.4, 0.5) is 0 Å². The number of rotatable bonds is 6. The second-order valence-corrected chi connectivity index (χ2v) is 3.48. The Kier molecular flexibility index (Phi) is 4.30. The Labute approximate surface area is 88.7 Å². The first-order chi connectivity index (χ1) is 7.16. The zero-order chi connectivity index (χ0) is 11.3. The highest BCUT2D eigenvalue weighted by atomic mass is 16.4. The van der Waals surface area contributed by atoms with Gasteiger partial charge in [-0.1, -0.05) is 6.08 Å². The first kappa shape index (κ1) is 11.7. The van der Waals surface area contributed by atoms with Crippen molar-refractivity contribution in [3.63, 3.8) is 0 Å². The third-order valence-corrected chi connectivity index (χ3v) is 2.36. The Morgan fingerprint density at radius 2 is 2.47 bits per heavy atom. The molecule has 1 heterocycles. The maximum atomic E-state index is 11.0. The third-order valence-electron chi connectivity index (χ3n) is 2.36. The van der Waals surface area contributed by atoms with Crippen LogP contribution in [0.5, 0.6) is 0 Å². The summed E-state index contributed by atoms with van der Waals surface area (Å²) >= 11 is 0. The van der Waals surface area contributed by atoms with Gasteiger partial charge in [-0.2, -0.15) is 0 Å². The van der Waals surface area contributed by atoms with Crippen LogP contribution >= 0.6 is 0 Å². The number of hydrogen-bond acceptors (Lipinski definition) is 4. The molecule has 5 heteroatoms. The van der Waals surface area contributed by atoms with Crippen molar-refractivity contribution in [1.82, 2.24) is 4.90 Å². The number of aliphatic imine (C=N–C) groups is 1. The molecule has 2 atom stereocenters. The quantitative estimate of drug-likeness (QED) is 0.613. The molecule has 0 fully saturated rings. The Morgan fingerprint density at radius 1 is 1.73 bits per heavy atom. The average Bonchev–Trinajstić information content (AvgIpc) is 2.67. The average molecular weight is 212 g/mol. The number of allylic oxidation sites excluding steroid dienone is 1. The van der Waals surface area contributed by atoms with Crippen molar-refractivity contribution >= 4 is 12.3 Å². The van der Waals surface area contributed by atoms with E-state index in [1.165, 1.54) is 6.34 Å². The lowest BCUT2D eigenvalue weighted by Gasteiger charge is -2.27. The van der Waals surface area contributed by atoms with Gasteiger partial charge >= 0.3 is 5.97 Å². The largest absolute Gasteiger partial charge is 0.480 e. The fourth-order valence-corrected chi connectivity index (χ4v) is 1.58. The van der Waals surface area contributed by atoms with Crippen LogP contribution in [0.1, 0.15) is 12.8 Å². The fraction of sp³-hybridized carbons (Fsp3) is 0.600. The Morgan fingerprint density at radius 3 is 2.93 bits per heavy atom. The molecular formula is C10H16N2O3. The van der Waals surface area contributed by atoms with Crippen molar-refractivity contribution in [3.05, 3.63) is 12.7 Å². The van der Waals surface area contributed by atoms with Gasteiger partial charge in [0.05, 0.1) is 19.0 Å². The number of aliphatic carboxylic acids is 1. The summed E-state index contributed by atoms with van der Waals surface area (Å²) in [7, 11) is 0. The minimum atomic E-state index is -1.01. The summed E-state index contributed by atoms with van der Waals surface area (Å²) < 4.78 is 0. The molecule has 0 saturated carbocycles. The van der Waals surface area contributed by atoms with Crippen LogP contribution < -0.4 is 0 Å². The van der Waals surface area contributed by atoms with E-state index in [-0.39, 0.29) is 0 Å². The fourth-order valence-electron chi connectivity index (χ4n) is 1.58. The predicted octanol–water partition coefficient (Wildman–Crippen LogP) is 0.111.